The van der Waals surface area contributed by atoms with E-state index in [-0.39, 0.29) is 6.04 Å². The second-order valence-corrected chi connectivity index (χ2v) is 5.56. The molecule has 0 aliphatic heterocycles. The van der Waals surface area contributed by atoms with Gasteiger partial charge in [0.1, 0.15) is 0 Å². The van der Waals surface area contributed by atoms with E-state index >= 15 is 0 Å². The van der Waals surface area contributed by atoms with E-state index in [1.165, 1.54) is 6.20 Å². The standard InChI is InChI=1S/C16H19N5O2/c1-2-20-11-13(9-18-20)19-15(22)16(23)21(14-5-6-14)10-12-4-3-7-17-8-12/h3-4,7-9,11,14H,2,5-6,10H2,1H3,(H,19,22). The van der Waals surface area contributed by atoms with Gasteiger partial charge in [0, 0.05) is 37.7 Å². The first kappa shape index (κ1) is 15.2. The van der Waals surface area contributed by atoms with Crippen LogP contribution in [0.25, 0.3) is 0 Å². The number of pyridine rings is 1. The zero-order valence-corrected chi connectivity index (χ0v) is 13.0. The van der Waals surface area contributed by atoms with Crippen LogP contribution in [-0.2, 0) is 22.7 Å². The van der Waals surface area contributed by atoms with Crippen LogP contribution < -0.4 is 5.32 Å². The maximum absolute atomic E-state index is 12.5. The topological polar surface area (TPSA) is 80.1 Å². The molecule has 7 heteroatoms. The first-order valence-electron chi connectivity index (χ1n) is 7.70. The number of hydrogen-bond acceptors (Lipinski definition) is 4. The van der Waals surface area contributed by atoms with E-state index in [1.54, 1.807) is 28.2 Å². The van der Waals surface area contributed by atoms with Gasteiger partial charge in [0.2, 0.25) is 0 Å². The number of carbonyl (C=O) groups is 2. The molecule has 2 amide bonds. The van der Waals surface area contributed by atoms with E-state index < -0.39 is 11.8 Å². The Labute approximate surface area is 134 Å². The zero-order chi connectivity index (χ0) is 16.2. The lowest BCUT2D eigenvalue weighted by atomic mass is 10.2. The molecule has 1 saturated carbocycles. The minimum absolute atomic E-state index is 0.145. The van der Waals surface area contributed by atoms with Crippen molar-refractivity contribution in [2.24, 2.45) is 0 Å². The highest BCUT2D eigenvalue weighted by molar-refractivity contribution is 6.39. The van der Waals surface area contributed by atoms with Crippen molar-refractivity contribution in [2.75, 3.05) is 5.32 Å². The molecule has 1 fully saturated rings. The summed E-state index contributed by atoms with van der Waals surface area (Å²) in [7, 11) is 0. The molecule has 0 unspecified atom stereocenters. The number of aromatic nitrogens is 3. The van der Waals surface area contributed by atoms with Gasteiger partial charge in [-0.25, -0.2) is 0 Å². The average Bonchev–Trinajstić information content (AvgIpc) is 3.32. The highest BCUT2D eigenvalue weighted by Crippen LogP contribution is 2.28. The predicted molar refractivity (Wildman–Crippen MR) is 84.3 cm³/mol. The fraction of sp³-hybridized carbons (Fsp3) is 0.375. The Bertz CT molecular complexity index is 694. The molecule has 3 rings (SSSR count). The third-order valence-corrected chi connectivity index (χ3v) is 3.73. The lowest BCUT2D eigenvalue weighted by molar-refractivity contribution is -0.144. The van der Waals surface area contributed by atoms with E-state index in [0.717, 1.165) is 18.4 Å². The number of amides is 2. The second-order valence-electron chi connectivity index (χ2n) is 5.56. The molecule has 1 aliphatic rings. The highest BCUT2D eigenvalue weighted by Gasteiger charge is 2.35. The second kappa shape index (κ2) is 6.60. The van der Waals surface area contributed by atoms with Gasteiger partial charge in [-0.3, -0.25) is 19.3 Å². The van der Waals surface area contributed by atoms with Gasteiger partial charge in [-0.15, -0.1) is 0 Å². The van der Waals surface area contributed by atoms with Gasteiger partial charge < -0.3 is 10.2 Å². The molecule has 0 aromatic carbocycles. The summed E-state index contributed by atoms with van der Waals surface area (Å²) in [5, 5.41) is 6.69. The van der Waals surface area contributed by atoms with E-state index in [4.69, 9.17) is 0 Å². The third kappa shape index (κ3) is 3.74. The van der Waals surface area contributed by atoms with Crippen LogP contribution in [0.4, 0.5) is 5.69 Å². The van der Waals surface area contributed by atoms with E-state index in [2.05, 4.69) is 15.4 Å². The third-order valence-electron chi connectivity index (χ3n) is 3.73. The fourth-order valence-electron chi connectivity index (χ4n) is 2.36. The Morgan fingerprint density at radius 1 is 1.39 bits per heavy atom. The van der Waals surface area contributed by atoms with Crippen LogP contribution in [0.15, 0.2) is 36.9 Å². The van der Waals surface area contributed by atoms with Crippen molar-refractivity contribution >= 4 is 17.5 Å². The summed E-state index contributed by atoms with van der Waals surface area (Å²) in [6.07, 6.45) is 8.52. The van der Waals surface area contributed by atoms with Crippen molar-refractivity contribution in [1.29, 1.82) is 0 Å². The van der Waals surface area contributed by atoms with Crippen LogP contribution in [-0.4, -0.2) is 37.5 Å². The average molecular weight is 313 g/mol. The smallest absolute Gasteiger partial charge is 0.314 e. The minimum atomic E-state index is -0.628. The number of nitrogens with zero attached hydrogens (tertiary/aromatic N) is 4. The van der Waals surface area contributed by atoms with Gasteiger partial charge in [-0.1, -0.05) is 6.07 Å². The summed E-state index contributed by atoms with van der Waals surface area (Å²) in [5.41, 5.74) is 1.45. The molecule has 1 N–H and O–H groups in total. The molecule has 0 saturated heterocycles. The summed E-state index contributed by atoms with van der Waals surface area (Å²) >= 11 is 0. The Balaban J connectivity index is 1.67. The van der Waals surface area contributed by atoms with Crippen molar-refractivity contribution in [3.05, 3.63) is 42.5 Å². The SMILES string of the molecule is CCn1cc(NC(=O)C(=O)N(Cc2cccnc2)C2CC2)cn1. The monoisotopic (exact) mass is 313 g/mol. The van der Waals surface area contributed by atoms with Crippen LogP contribution in [0.1, 0.15) is 25.3 Å². The Morgan fingerprint density at radius 2 is 2.22 bits per heavy atom. The molecule has 23 heavy (non-hydrogen) atoms. The van der Waals surface area contributed by atoms with Crippen LogP contribution in [0, 0.1) is 0 Å². The van der Waals surface area contributed by atoms with Gasteiger partial charge in [0.15, 0.2) is 0 Å². The van der Waals surface area contributed by atoms with Crippen LogP contribution in [0.2, 0.25) is 0 Å². The van der Waals surface area contributed by atoms with Gasteiger partial charge in [0.25, 0.3) is 0 Å². The zero-order valence-electron chi connectivity index (χ0n) is 13.0. The van der Waals surface area contributed by atoms with Gasteiger partial charge in [-0.2, -0.15) is 5.10 Å². The number of carbonyl (C=O) groups excluding carboxylic acids is 2. The molecular formula is C16H19N5O2. The molecule has 0 spiro atoms. The Morgan fingerprint density at radius 3 is 2.83 bits per heavy atom. The number of nitrogens with one attached hydrogen (secondary N) is 1. The number of aryl methyl sites for hydroxylation is 1. The first-order valence-corrected chi connectivity index (χ1v) is 7.70. The lowest BCUT2D eigenvalue weighted by Crippen LogP contribution is -2.40. The van der Waals surface area contributed by atoms with Crippen LogP contribution in [0.3, 0.4) is 0 Å². The van der Waals surface area contributed by atoms with Crippen LogP contribution in [0.5, 0.6) is 0 Å². The number of hydrogen-bond donors (Lipinski definition) is 1. The van der Waals surface area contributed by atoms with Gasteiger partial charge in [-0.05, 0) is 31.4 Å². The molecule has 2 aromatic rings. The number of rotatable bonds is 5. The summed E-state index contributed by atoms with van der Waals surface area (Å²) in [6.45, 7) is 3.06. The first-order chi connectivity index (χ1) is 11.2. The maximum Gasteiger partial charge on any atom is 0.314 e. The van der Waals surface area contributed by atoms with Gasteiger partial charge >= 0.3 is 11.8 Å². The molecule has 1 aliphatic carbocycles. The van der Waals surface area contributed by atoms with E-state index in [0.29, 0.717) is 18.8 Å². The molecule has 2 aromatic heterocycles. The largest absolute Gasteiger partial charge is 0.327 e. The molecule has 0 bridgehead atoms. The Hall–Kier alpha value is -2.70. The molecular weight excluding hydrogens is 294 g/mol. The van der Waals surface area contributed by atoms with E-state index in [9.17, 15) is 9.59 Å². The quantitative estimate of drug-likeness (QED) is 0.847. The van der Waals surface area contributed by atoms with Crippen molar-refractivity contribution < 1.29 is 9.59 Å². The normalized spacial score (nSPS) is 13.6. The highest BCUT2D eigenvalue weighted by atomic mass is 16.2. The van der Waals surface area contributed by atoms with Crippen molar-refractivity contribution in [2.45, 2.75) is 38.9 Å². The van der Waals surface area contributed by atoms with Gasteiger partial charge in [0.05, 0.1) is 11.9 Å². The fourth-order valence-corrected chi connectivity index (χ4v) is 2.36. The molecule has 0 radical (unpaired) electrons. The van der Waals surface area contributed by atoms with Crippen molar-refractivity contribution in [3.63, 3.8) is 0 Å². The molecule has 2 heterocycles. The maximum atomic E-state index is 12.5. The number of anilines is 1. The minimum Gasteiger partial charge on any atom is -0.327 e. The lowest BCUT2D eigenvalue weighted by Gasteiger charge is -2.21. The summed E-state index contributed by atoms with van der Waals surface area (Å²) in [6, 6.07) is 3.87. The van der Waals surface area contributed by atoms with Crippen molar-refractivity contribution in [3.8, 4) is 0 Å². The summed E-state index contributed by atoms with van der Waals surface area (Å²) < 4.78 is 1.69. The predicted octanol–water partition coefficient (Wildman–Crippen LogP) is 1.43. The molecule has 0 atom stereocenters. The summed E-state index contributed by atoms with van der Waals surface area (Å²) in [5.74, 6) is -1.14. The molecule has 7 nitrogen and oxygen atoms in total. The molecule has 120 valence electrons. The Kier molecular flexibility index (Phi) is 4.36. The summed E-state index contributed by atoms with van der Waals surface area (Å²) in [4.78, 5) is 30.4. The van der Waals surface area contributed by atoms with E-state index in [1.807, 2.05) is 19.1 Å². The van der Waals surface area contributed by atoms with Crippen LogP contribution >= 0.6 is 0 Å². The van der Waals surface area contributed by atoms with Crippen molar-refractivity contribution in [1.82, 2.24) is 19.7 Å².